The van der Waals surface area contributed by atoms with Crippen LogP contribution in [0.15, 0.2) is 63.6 Å². The molecule has 1 heterocycles. The van der Waals surface area contributed by atoms with E-state index >= 15 is 0 Å². The Bertz CT molecular complexity index is 1020. The Hall–Kier alpha value is -2.87. The monoisotopic (exact) mass is 380 g/mol. The number of H-pyrrole nitrogens is 1. The molecule has 2 aromatic carbocycles. The van der Waals surface area contributed by atoms with E-state index in [0.717, 1.165) is 12.1 Å². The van der Waals surface area contributed by atoms with Crippen LogP contribution in [0.4, 0.5) is 24.5 Å². The minimum absolute atomic E-state index is 0.0601. The molecule has 0 spiro atoms. The molecule has 3 aromatic rings. The van der Waals surface area contributed by atoms with Gasteiger partial charge < -0.3 is 0 Å². The number of rotatable bonds is 3. The maximum Gasteiger partial charge on any atom is 0.416 e. The van der Waals surface area contributed by atoms with Gasteiger partial charge in [-0.2, -0.15) is 18.3 Å². The van der Waals surface area contributed by atoms with Gasteiger partial charge in [-0.15, -0.1) is 5.11 Å². The summed E-state index contributed by atoms with van der Waals surface area (Å²) < 4.78 is 38.9. The predicted molar refractivity (Wildman–Crippen MR) is 91.8 cm³/mol. The lowest BCUT2D eigenvalue weighted by molar-refractivity contribution is -0.137. The first-order valence-electron chi connectivity index (χ1n) is 7.42. The van der Waals surface area contributed by atoms with Gasteiger partial charge in [0.25, 0.3) is 5.56 Å². The van der Waals surface area contributed by atoms with Crippen LogP contribution in [0, 0.1) is 6.92 Å². The minimum atomic E-state index is -4.42. The molecule has 9 heteroatoms. The first kappa shape index (κ1) is 17.9. The molecule has 0 saturated carbocycles. The number of azo groups is 1. The normalized spacial score (nSPS) is 12.0. The second-order valence-corrected chi connectivity index (χ2v) is 5.89. The highest BCUT2D eigenvalue weighted by molar-refractivity contribution is 6.30. The van der Waals surface area contributed by atoms with E-state index in [-0.39, 0.29) is 11.4 Å². The van der Waals surface area contributed by atoms with Gasteiger partial charge >= 0.3 is 6.18 Å². The fraction of sp³-hybridized carbons (Fsp3) is 0.118. The van der Waals surface area contributed by atoms with E-state index in [1.807, 2.05) is 0 Å². The van der Waals surface area contributed by atoms with Crippen LogP contribution in [0.1, 0.15) is 11.3 Å². The lowest BCUT2D eigenvalue weighted by Crippen LogP contribution is -2.13. The van der Waals surface area contributed by atoms with Gasteiger partial charge in [0, 0.05) is 5.02 Å². The van der Waals surface area contributed by atoms with E-state index in [1.165, 1.54) is 16.8 Å². The zero-order valence-corrected chi connectivity index (χ0v) is 14.1. The van der Waals surface area contributed by atoms with Crippen molar-refractivity contribution in [3.05, 3.63) is 75.2 Å². The van der Waals surface area contributed by atoms with E-state index in [1.54, 1.807) is 31.2 Å². The van der Waals surface area contributed by atoms with E-state index in [9.17, 15) is 18.0 Å². The number of aryl methyl sites for hydroxylation is 1. The minimum Gasteiger partial charge on any atom is -0.293 e. The van der Waals surface area contributed by atoms with E-state index in [2.05, 4.69) is 15.3 Å². The number of benzene rings is 2. The number of aromatic amines is 1. The largest absolute Gasteiger partial charge is 0.416 e. The Labute approximate surface area is 150 Å². The summed E-state index contributed by atoms with van der Waals surface area (Å²) in [5.41, 5.74) is 0.0300. The third-order valence-electron chi connectivity index (χ3n) is 3.57. The lowest BCUT2D eigenvalue weighted by atomic mass is 10.2. The van der Waals surface area contributed by atoms with Crippen molar-refractivity contribution < 1.29 is 13.2 Å². The van der Waals surface area contributed by atoms with Crippen molar-refractivity contribution in [2.45, 2.75) is 13.1 Å². The van der Waals surface area contributed by atoms with Crippen LogP contribution < -0.4 is 5.56 Å². The van der Waals surface area contributed by atoms with Crippen LogP contribution in [-0.4, -0.2) is 9.78 Å². The van der Waals surface area contributed by atoms with Gasteiger partial charge in [0.05, 0.1) is 22.6 Å². The smallest absolute Gasteiger partial charge is 0.293 e. The Morgan fingerprint density at radius 1 is 1.08 bits per heavy atom. The zero-order chi connectivity index (χ0) is 18.9. The molecule has 0 radical (unpaired) electrons. The molecule has 0 amide bonds. The maximum atomic E-state index is 12.6. The van der Waals surface area contributed by atoms with Gasteiger partial charge in [0.1, 0.15) is 0 Å². The predicted octanol–water partition coefficient (Wildman–Crippen LogP) is 5.56. The van der Waals surface area contributed by atoms with Gasteiger partial charge in [0.15, 0.2) is 5.69 Å². The SMILES string of the molecule is Cc1[nH]n(-c2cccc(Cl)c2)c(=O)c1N=Nc1ccc(C(F)(F)F)cc1. The maximum absolute atomic E-state index is 12.6. The van der Waals surface area contributed by atoms with Crippen molar-refractivity contribution in [3.8, 4) is 5.69 Å². The van der Waals surface area contributed by atoms with Crippen LogP contribution >= 0.6 is 11.6 Å². The molecule has 0 aliphatic rings. The highest BCUT2D eigenvalue weighted by Gasteiger charge is 2.29. The van der Waals surface area contributed by atoms with Crippen molar-refractivity contribution in [3.63, 3.8) is 0 Å². The number of aromatic nitrogens is 2. The Morgan fingerprint density at radius 3 is 2.38 bits per heavy atom. The number of nitrogens with one attached hydrogen (secondary N) is 1. The molecule has 0 bridgehead atoms. The molecule has 0 fully saturated rings. The Balaban J connectivity index is 1.91. The summed E-state index contributed by atoms with van der Waals surface area (Å²) in [7, 11) is 0. The second-order valence-electron chi connectivity index (χ2n) is 5.45. The number of hydrogen-bond acceptors (Lipinski definition) is 3. The number of alkyl halides is 3. The zero-order valence-electron chi connectivity index (χ0n) is 13.4. The fourth-order valence-electron chi connectivity index (χ4n) is 2.28. The van der Waals surface area contributed by atoms with Gasteiger partial charge in [-0.3, -0.25) is 9.89 Å². The van der Waals surface area contributed by atoms with E-state index in [0.29, 0.717) is 16.4 Å². The summed E-state index contributed by atoms with van der Waals surface area (Å²) in [6, 6.07) is 10.9. The molecule has 0 aliphatic carbocycles. The molecule has 0 aliphatic heterocycles. The van der Waals surface area contributed by atoms with Crippen molar-refractivity contribution >= 4 is 23.0 Å². The highest BCUT2D eigenvalue weighted by Crippen LogP contribution is 2.30. The van der Waals surface area contributed by atoms with Crippen molar-refractivity contribution in [2.24, 2.45) is 10.2 Å². The Morgan fingerprint density at radius 2 is 1.77 bits per heavy atom. The van der Waals surface area contributed by atoms with Gasteiger partial charge in [-0.1, -0.05) is 17.7 Å². The van der Waals surface area contributed by atoms with Crippen molar-refractivity contribution in [1.29, 1.82) is 0 Å². The van der Waals surface area contributed by atoms with Crippen LogP contribution in [0.2, 0.25) is 5.02 Å². The third-order valence-corrected chi connectivity index (χ3v) is 3.80. The van der Waals surface area contributed by atoms with Crippen LogP contribution in [0.5, 0.6) is 0 Å². The van der Waals surface area contributed by atoms with Crippen LogP contribution in [-0.2, 0) is 6.18 Å². The third kappa shape index (κ3) is 3.70. The quantitative estimate of drug-likeness (QED) is 0.594. The summed E-state index contributed by atoms with van der Waals surface area (Å²) in [5.74, 6) is 0. The van der Waals surface area contributed by atoms with E-state index < -0.39 is 17.3 Å². The van der Waals surface area contributed by atoms with Crippen molar-refractivity contribution in [1.82, 2.24) is 9.78 Å². The van der Waals surface area contributed by atoms with Gasteiger partial charge in [-0.05, 0) is 49.4 Å². The summed E-state index contributed by atoms with van der Waals surface area (Å²) in [5, 5.41) is 11.1. The van der Waals surface area contributed by atoms with Gasteiger partial charge in [0.2, 0.25) is 0 Å². The van der Waals surface area contributed by atoms with Crippen LogP contribution in [0.25, 0.3) is 5.69 Å². The molecule has 0 unspecified atom stereocenters. The molecular weight excluding hydrogens is 369 g/mol. The molecule has 26 heavy (non-hydrogen) atoms. The number of nitrogens with zero attached hydrogens (tertiary/aromatic N) is 3. The first-order chi connectivity index (χ1) is 12.3. The number of hydrogen-bond donors (Lipinski definition) is 1. The summed E-state index contributed by atoms with van der Waals surface area (Å²) in [4.78, 5) is 12.5. The second kappa shape index (κ2) is 6.80. The molecule has 134 valence electrons. The molecule has 5 nitrogen and oxygen atoms in total. The summed E-state index contributed by atoms with van der Waals surface area (Å²) >= 11 is 5.93. The average Bonchev–Trinajstić information content (AvgIpc) is 2.87. The fourth-order valence-corrected chi connectivity index (χ4v) is 2.46. The van der Waals surface area contributed by atoms with Crippen molar-refractivity contribution in [2.75, 3.05) is 0 Å². The number of halogens is 4. The summed E-state index contributed by atoms with van der Waals surface area (Å²) in [6.07, 6.45) is -4.42. The van der Waals surface area contributed by atoms with E-state index in [4.69, 9.17) is 11.6 Å². The lowest BCUT2D eigenvalue weighted by Gasteiger charge is -2.05. The first-order valence-corrected chi connectivity index (χ1v) is 7.80. The molecular formula is C17H12ClF3N4O. The van der Waals surface area contributed by atoms with Gasteiger partial charge in [-0.25, -0.2) is 4.68 Å². The molecule has 1 N–H and O–H groups in total. The molecule has 0 atom stereocenters. The standard InChI is InChI=1S/C17H12ClF3N4O/c1-10-15(16(26)25(24-10)14-4-2-3-12(18)9-14)23-22-13-7-5-11(6-8-13)17(19,20)21/h2-9,24H,1H3. The topological polar surface area (TPSA) is 62.5 Å². The summed E-state index contributed by atoms with van der Waals surface area (Å²) in [6.45, 7) is 1.64. The molecule has 1 aromatic heterocycles. The Kier molecular flexibility index (Phi) is 4.69. The molecule has 0 saturated heterocycles. The molecule has 3 rings (SSSR count). The highest BCUT2D eigenvalue weighted by atomic mass is 35.5. The van der Waals surface area contributed by atoms with Crippen LogP contribution in [0.3, 0.4) is 0 Å². The average molecular weight is 381 g/mol.